The molecule has 4 nitrogen and oxygen atoms in total. The van der Waals surface area contributed by atoms with E-state index in [-0.39, 0.29) is 10.8 Å². The Morgan fingerprint density at radius 1 is 0.719 bits per heavy atom. The molecule has 2 aromatic carbocycles. The third-order valence-electron chi connectivity index (χ3n) is 8.94. The Morgan fingerprint density at radius 2 is 1.22 bits per heavy atom. The Bertz CT molecular complexity index is 1060. The molecule has 3 aliphatic carbocycles. The molecule has 0 amide bonds. The van der Waals surface area contributed by atoms with Gasteiger partial charge in [0.15, 0.2) is 0 Å². The molecule has 32 heavy (non-hydrogen) atoms. The van der Waals surface area contributed by atoms with Crippen LogP contribution >= 0.6 is 0 Å². The molecule has 3 fully saturated rings. The van der Waals surface area contributed by atoms with Crippen molar-refractivity contribution < 1.29 is 9.47 Å². The quantitative estimate of drug-likeness (QED) is 0.526. The molecule has 2 bridgehead atoms. The number of hydrogen-bond acceptors (Lipinski definition) is 4. The maximum atomic E-state index is 8.76. The van der Waals surface area contributed by atoms with E-state index in [2.05, 4.69) is 38.1 Å². The molecular weight excluding hydrogens is 396 g/mol. The molecule has 0 heterocycles. The summed E-state index contributed by atoms with van der Waals surface area (Å²) in [6.45, 7) is 4.87. The van der Waals surface area contributed by atoms with E-state index < -0.39 is 0 Å². The summed E-state index contributed by atoms with van der Waals surface area (Å²) < 4.78 is 9.96. The van der Waals surface area contributed by atoms with Crippen molar-refractivity contribution in [1.82, 2.24) is 0 Å². The predicted molar refractivity (Wildman–Crippen MR) is 122 cm³/mol. The van der Waals surface area contributed by atoms with E-state index in [0.29, 0.717) is 11.5 Å². The second kappa shape index (κ2) is 7.86. The number of fused-ring (bicyclic) bond motifs is 5. The van der Waals surface area contributed by atoms with Crippen LogP contribution in [-0.2, 0) is 10.8 Å². The topological polar surface area (TPSA) is 66.0 Å². The summed E-state index contributed by atoms with van der Waals surface area (Å²) in [5, 5.41) is 17.5. The number of rotatable bonds is 4. The number of nitrogens with zero attached hydrogens (tertiary/aromatic N) is 2. The second-order valence-electron chi connectivity index (χ2n) is 10.8. The van der Waals surface area contributed by atoms with Gasteiger partial charge in [0, 0.05) is 0 Å². The third-order valence-corrected chi connectivity index (χ3v) is 8.94. The zero-order valence-corrected chi connectivity index (χ0v) is 18.9. The van der Waals surface area contributed by atoms with E-state index >= 15 is 0 Å². The molecule has 5 rings (SSSR count). The van der Waals surface area contributed by atoms with Gasteiger partial charge in [-0.3, -0.25) is 0 Å². The lowest BCUT2D eigenvalue weighted by atomic mass is 9.62. The zero-order valence-electron chi connectivity index (χ0n) is 18.9. The summed E-state index contributed by atoms with van der Waals surface area (Å²) >= 11 is 0. The van der Waals surface area contributed by atoms with Gasteiger partial charge in [-0.05, 0) is 108 Å². The Balaban J connectivity index is 1.35. The summed E-state index contributed by atoms with van der Waals surface area (Å²) in [4.78, 5) is 0. The fourth-order valence-corrected chi connectivity index (χ4v) is 7.48. The van der Waals surface area contributed by atoms with Crippen molar-refractivity contribution in [3.8, 4) is 24.0 Å². The Kier molecular flexibility index (Phi) is 5.13. The summed E-state index contributed by atoms with van der Waals surface area (Å²) in [5.41, 5.74) is 3.14. The second-order valence-corrected chi connectivity index (χ2v) is 10.8. The van der Waals surface area contributed by atoms with Crippen LogP contribution in [0, 0.1) is 46.7 Å². The van der Waals surface area contributed by atoms with Gasteiger partial charge in [0.1, 0.15) is 11.5 Å². The number of ether oxygens (including phenoxy) is 2. The van der Waals surface area contributed by atoms with Crippen LogP contribution in [0.5, 0.6) is 11.5 Å². The van der Waals surface area contributed by atoms with Crippen molar-refractivity contribution in [2.24, 2.45) is 23.7 Å². The molecule has 6 atom stereocenters. The van der Waals surface area contributed by atoms with E-state index in [1.807, 2.05) is 24.3 Å². The number of hydrogen-bond donors (Lipinski definition) is 0. The minimum atomic E-state index is 0.191. The van der Waals surface area contributed by atoms with E-state index in [9.17, 15) is 0 Å². The lowest BCUT2D eigenvalue weighted by molar-refractivity contribution is 0.144. The highest BCUT2D eigenvalue weighted by atomic mass is 16.5. The summed E-state index contributed by atoms with van der Waals surface area (Å²) in [5.74, 6) is 4.46. The van der Waals surface area contributed by atoms with Crippen molar-refractivity contribution in [3.05, 3.63) is 59.7 Å². The Labute approximate surface area is 190 Å². The van der Waals surface area contributed by atoms with Gasteiger partial charge in [-0.15, -0.1) is 10.5 Å². The van der Waals surface area contributed by atoms with Crippen molar-refractivity contribution in [2.75, 3.05) is 0 Å². The van der Waals surface area contributed by atoms with E-state index in [1.165, 1.54) is 49.7 Å². The molecule has 6 unspecified atom stereocenters. The fraction of sp³-hybridized carbons (Fsp3) is 0.500. The van der Waals surface area contributed by atoms with Crippen molar-refractivity contribution in [2.45, 2.75) is 63.2 Å². The fourth-order valence-electron chi connectivity index (χ4n) is 7.48. The van der Waals surface area contributed by atoms with Gasteiger partial charge in [0.2, 0.25) is 0 Å². The Morgan fingerprint density at radius 3 is 1.75 bits per heavy atom. The molecular formula is C28H30N2O2. The van der Waals surface area contributed by atoms with Crippen molar-refractivity contribution in [1.29, 1.82) is 10.5 Å². The lowest BCUT2D eigenvalue weighted by Gasteiger charge is -2.43. The summed E-state index contributed by atoms with van der Waals surface area (Å²) in [7, 11) is 0. The maximum Gasteiger partial charge on any atom is 0.292 e. The van der Waals surface area contributed by atoms with Crippen LogP contribution in [0.4, 0.5) is 0 Å². The highest BCUT2D eigenvalue weighted by Crippen LogP contribution is 2.63. The van der Waals surface area contributed by atoms with Crippen LogP contribution in [0.25, 0.3) is 0 Å². The highest BCUT2D eigenvalue weighted by molar-refractivity contribution is 5.35. The molecule has 0 aromatic heterocycles. The van der Waals surface area contributed by atoms with Crippen LogP contribution in [0.3, 0.4) is 0 Å². The van der Waals surface area contributed by atoms with E-state index in [4.69, 9.17) is 20.0 Å². The smallest absolute Gasteiger partial charge is 0.292 e. The molecule has 0 radical (unpaired) electrons. The third kappa shape index (κ3) is 3.53. The monoisotopic (exact) mass is 426 g/mol. The normalized spacial score (nSPS) is 35.2. The lowest BCUT2D eigenvalue weighted by Crippen LogP contribution is -2.35. The van der Waals surface area contributed by atoms with Gasteiger partial charge in [0.05, 0.1) is 0 Å². The number of benzene rings is 2. The molecule has 4 heteroatoms. The Hall–Kier alpha value is -2.98. The molecule has 0 spiro atoms. The molecule has 0 saturated heterocycles. The van der Waals surface area contributed by atoms with Crippen molar-refractivity contribution >= 4 is 0 Å². The average Bonchev–Trinajstić information content (AvgIpc) is 3.04. The number of nitriles is 2. The first-order valence-corrected chi connectivity index (χ1v) is 11.8. The first kappa shape index (κ1) is 20.9. The van der Waals surface area contributed by atoms with E-state index in [0.717, 1.165) is 23.7 Å². The summed E-state index contributed by atoms with van der Waals surface area (Å²) in [6.07, 6.45) is 11.2. The van der Waals surface area contributed by atoms with Gasteiger partial charge in [0.25, 0.3) is 12.5 Å². The molecule has 3 saturated carbocycles. The van der Waals surface area contributed by atoms with Gasteiger partial charge in [-0.25, -0.2) is 0 Å². The minimum absolute atomic E-state index is 0.191. The van der Waals surface area contributed by atoms with Crippen molar-refractivity contribution in [3.63, 3.8) is 0 Å². The highest BCUT2D eigenvalue weighted by Gasteiger charge is 2.55. The van der Waals surface area contributed by atoms with Crippen LogP contribution in [0.15, 0.2) is 48.5 Å². The standard InChI is InChI=1S/C28H30N2O2/c1-27(21-3-7-23(8-4-21)31-17-29)12-11-25-19-13-20(26(25)16-27)15-28(2,14-19)22-5-9-24(10-6-22)32-18-30/h3-10,19-20,25-26H,11-16H2,1-2H3. The summed E-state index contributed by atoms with van der Waals surface area (Å²) in [6, 6.07) is 16.4. The first-order valence-electron chi connectivity index (χ1n) is 11.8. The van der Waals surface area contributed by atoms with Crippen LogP contribution in [-0.4, -0.2) is 0 Å². The molecule has 164 valence electrons. The average molecular weight is 427 g/mol. The molecule has 0 aliphatic heterocycles. The maximum absolute atomic E-state index is 8.76. The van der Waals surface area contributed by atoms with Crippen LogP contribution in [0.2, 0.25) is 0 Å². The van der Waals surface area contributed by atoms with Crippen LogP contribution in [0.1, 0.15) is 63.5 Å². The molecule has 3 aliphatic rings. The van der Waals surface area contributed by atoms with Gasteiger partial charge >= 0.3 is 0 Å². The first-order chi connectivity index (χ1) is 15.4. The van der Waals surface area contributed by atoms with Gasteiger partial charge < -0.3 is 9.47 Å². The largest absolute Gasteiger partial charge is 0.388 e. The van der Waals surface area contributed by atoms with Crippen LogP contribution < -0.4 is 9.47 Å². The minimum Gasteiger partial charge on any atom is -0.388 e. The molecule has 0 N–H and O–H groups in total. The predicted octanol–water partition coefficient (Wildman–Crippen LogP) is 6.47. The SMILES string of the molecule is CC1(c2ccc(OC#N)cc2)CC2CC(C1)C1CC(C)(c3ccc(OC#N)cc3)CCC21. The van der Waals surface area contributed by atoms with E-state index in [1.54, 1.807) is 12.5 Å². The van der Waals surface area contributed by atoms with Gasteiger partial charge in [-0.2, -0.15) is 0 Å². The molecule has 2 aromatic rings. The zero-order chi connectivity index (χ0) is 22.3. The van der Waals surface area contributed by atoms with Gasteiger partial charge in [-0.1, -0.05) is 38.1 Å².